The number of hydrogen-bond acceptors (Lipinski definition) is 3. The highest BCUT2D eigenvalue weighted by atomic mass is 16.2. The first-order chi connectivity index (χ1) is 9.61. The molecule has 1 aromatic heterocycles. The standard InChI is InChI=1S/C15H20N4O/c1-3-11(2)14(16)15(20)18-12-9-17-19(10-12)13-7-5-4-6-8-13/h4-11,14H,3,16H2,1-2H3,(H,18,20). The van der Waals surface area contributed by atoms with E-state index in [-0.39, 0.29) is 11.8 Å². The fraction of sp³-hybridized carbons (Fsp3) is 0.333. The van der Waals surface area contributed by atoms with Crippen LogP contribution in [0.4, 0.5) is 5.69 Å². The Morgan fingerprint density at radius 2 is 2.10 bits per heavy atom. The van der Waals surface area contributed by atoms with Gasteiger partial charge in [0, 0.05) is 0 Å². The summed E-state index contributed by atoms with van der Waals surface area (Å²) >= 11 is 0. The van der Waals surface area contributed by atoms with E-state index in [1.807, 2.05) is 44.2 Å². The first-order valence-electron chi connectivity index (χ1n) is 6.78. The van der Waals surface area contributed by atoms with E-state index in [1.54, 1.807) is 17.1 Å². The molecule has 0 fully saturated rings. The normalized spacial score (nSPS) is 13.8. The lowest BCUT2D eigenvalue weighted by Crippen LogP contribution is -2.40. The van der Waals surface area contributed by atoms with Gasteiger partial charge < -0.3 is 11.1 Å². The topological polar surface area (TPSA) is 72.9 Å². The van der Waals surface area contributed by atoms with E-state index in [0.29, 0.717) is 5.69 Å². The van der Waals surface area contributed by atoms with Crippen LogP contribution in [0.5, 0.6) is 0 Å². The highest BCUT2D eigenvalue weighted by Crippen LogP contribution is 2.13. The zero-order valence-electron chi connectivity index (χ0n) is 11.8. The molecule has 0 aliphatic rings. The lowest BCUT2D eigenvalue weighted by Gasteiger charge is -2.16. The molecule has 0 aliphatic heterocycles. The van der Waals surface area contributed by atoms with E-state index in [0.717, 1.165) is 12.1 Å². The minimum absolute atomic E-state index is 0.152. The summed E-state index contributed by atoms with van der Waals surface area (Å²) in [6.07, 6.45) is 4.27. The van der Waals surface area contributed by atoms with E-state index < -0.39 is 6.04 Å². The third-order valence-electron chi connectivity index (χ3n) is 3.43. The molecule has 5 heteroatoms. The van der Waals surface area contributed by atoms with Gasteiger partial charge in [0.15, 0.2) is 0 Å². The first-order valence-corrected chi connectivity index (χ1v) is 6.78. The molecule has 106 valence electrons. The van der Waals surface area contributed by atoms with Crippen LogP contribution in [0.25, 0.3) is 5.69 Å². The quantitative estimate of drug-likeness (QED) is 0.876. The van der Waals surface area contributed by atoms with E-state index in [9.17, 15) is 4.79 Å². The monoisotopic (exact) mass is 272 g/mol. The predicted octanol–water partition coefficient (Wildman–Crippen LogP) is 2.18. The summed E-state index contributed by atoms with van der Waals surface area (Å²) in [4.78, 5) is 12.0. The van der Waals surface area contributed by atoms with E-state index in [2.05, 4.69) is 10.4 Å². The average molecular weight is 272 g/mol. The smallest absolute Gasteiger partial charge is 0.241 e. The average Bonchev–Trinajstić information content (AvgIpc) is 2.95. The number of anilines is 1. The zero-order valence-corrected chi connectivity index (χ0v) is 11.8. The number of nitrogens with two attached hydrogens (primary N) is 1. The van der Waals surface area contributed by atoms with E-state index >= 15 is 0 Å². The Kier molecular flexibility index (Phi) is 4.53. The largest absolute Gasteiger partial charge is 0.322 e. The number of nitrogens with zero attached hydrogens (tertiary/aromatic N) is 2. The number of aromatic nitrogens is 2. The van der Waals surface area contributed by atoms with Gasteiger partial charge in [-0.3, -0.25) is 4.79 Å². The molecule has 2 aromatic rings. The van der Waals surface area contributed by atoms with E-state index in [4.69, 9.17) is 5.73 Å². The van der Waals surface area contributed by atoms with Crippen LogP contribution in [0, 0.1) is 5.92 Å². The SMILES string of the molecule is CCC(C)C(N)C(=O)Nc1cnn(-c2ccccc2)c1. The highest BCUT2D eigenvalue weighted by molar-refractivity contribution is 5.94. The maximum absolute atomic E-state index is 12.0. The number of carbonyl (C=O) groups is 1. The highest BCUT2D eigenvalue weighted by Gasteiger charge is 2.19. The van der Waals surface area contributed by atoms with Gasteiger partial charge >= 0.3 is 0 Å². The maximum Gasteiger partial charge on any atom is 0.241 e. The molecule has 0 radical (unpaired) electrons. The molecule has 3 N–H and O–H groups in total. The Hall–Kier alpha value is -2.14. The van der Waals surface area contributed by atoms with Crippen molar-refractivity contribution in [3.63, 3.8) is 0 Å². The van der Waals surface area contributed by atoms with Gasteiger partial charge in [-0.1, -0.05) is 38.5 Å². The van der Waals surface area contributed by atoms with Gasteiger partial charge in [-0.15, -0.1) is 0 Å². The van der Waals surface area contributed by atoms with Gasteiger partial charge in [0.25, 0.3) is 0 Å². The molecule has 0 saturated heterocycles. The van der Waals surface area contributed by atoms with Crippen LogP contribution in [0.3, 0.4) is 0 Å². The van der Waals surface area contributed by atoms with Gasteiger partial charge in [0.1, 0.15) is 0 Å². The molecular formula is C15H20N4O. The second-order valence-electron chi connectivity index (χ2n) is 4.91. The minimum atomic E-state index is -0.500. The lowest BCUT2D eigenvalue weighted by atomic mass is 9.99. The molecule has 2 atom stereocenters. The summed E-state index contributed by atoms with van der Waals surface area (Å²) in [6, 6.07) is 9.22. The number of rotatable bonds is 5. The minimum Gasteiger partial charge on any atom is -0.322 e. The van der Waals surface area contributed by atoms with Crippen LogP contribution in [0.1, 0.15) is 20.3 Å². The number of para-hydroxylation sites is 1. The molecule has 1 amide bonds. The van der Waals surface area contributed by atoms with Crippen molar-refractivity contribution in [2.24, 2.45) is 11.7 Å². The van der Waals surface area contributed by atoms with Crippen LogP contribution >= 0.6 is 0 Å². The Labute approximate surface area is 118 Å². The van der Waals surface area contributed by atoms with Gasteiger partial charge in [0.2, 0.25) is 5.91 Å². The summed E-state index contributed by atoms with van der Waals surface area (Å²) in [5.41, 5.74) is 7.49. The van der Waals surface area contributed by atoms with Crippen molar-refractivity contribution in [3.8, 4) is 5.69 Å². The number of benzene rings is 1. The summed E-state index contributed by atoms with van der Waals surface area (Å²) in [6.45, 7) is 3.99. The predicted molar refractivity (Wildman–Crippen MR) is 79.6 cm³/mol. The fourth-order valence-corrected chi connectivity index (χ4v) is 1.85. The van der Waals surface area contributed by atoms with Crippen molar-refractivity contribution in [3.05, 3.63) is 42.7 Å². The van der Waals surface area contributed by atoms with Crippen molar-refractivity contribution in [1.29, 1.82) is 0 Å². The van der Waals surface area contributed by atoms with Crippen LogP contribution in [0.15, 0.2) is 42.7 Å². The molecule has 1 heterocycles. The third-order valence-corrected chi connectivity index (χ3v) is 3.43. The first kappa shape index (κ1) is 14.3. The maximum atomic E-state index is 12.0. The summed E-state index contributed by atoms with van der Waals surface area (Å²) < 4.78 is 1.71. The van der Waals surface area contributed by atoms with Crippen LogP contribution < -0.4 is 11.1 Å². The number of hydrogen-bond donors (Lipinski definition) is 2. The van der Waals surface area contributed by atoms with Crippen LogP contribution in [-0.2, 0) is 4.79 Å². The number of nitrogens with one attached hydrogen (secondary N) is 1. The number of carbonyl (C=O) groups excluding carboxylic acids is 1. The summed E-state index contributed by atoms with van der Waals surface area (Å²) in [5.74, 6) is -0.0221. The second kappa shape index (κ2) is 6.34. The van der Waals surface area contributed by atoms with Crippen LogP contribution in [0.2, 0.25) is 0 Å². The van der Waals surface area contributed by atoms with Gasteiger partial charge in [-0.05, 0) is 18.1 Å². The van der Waals surface area contributed by atoms with Gasteiger partial charge in [-0.2, -0.15) is 5.10 Å². The number of amides is 1. The molecule has 0 spiro atoms. The van der Waals surface area contributed by atoms with Crippen molar-refractivity contribution in [1.82, 2.24) is 9.78 Å². The molecule has 1 aromatic carbocycles. The van der Waals surface area contributed by atoms with Crippen molar-refractivity contribution in [2.45, 2.75) is 26.3 Å². The van der Waals surface area contributed by atoms with Crippen molar-refractivity contribution < 1.29 is 4.79 Å². The molecule has 2 rings (SSSR count). The zero-order chi connectivity index (χ0) is 14.5. The third kappa shape index (κ3) is 3.24. The van der Waals surface area contributed by atoms with Crippen molar-refractivity contribution >= 4 is 11.6 Å². The Balaban J connectivity index is 2.05. The molecule has 0 aliphatic carbocycles. The summed E-state index contributed by atoms with van der Waals surface area (Å²) in [5, 5.41) is 7.02. The van der Waals surface area contributed by atoms with Crippen LogP contribution in [-0.4, -0.2) is 21.7 Å². The Bertz CT molecular complexity index is 564. The lowest BCUT2D eigenvalue weighted by molar-refractivity contribution is -0.118. The molecular weight excluding hydrogens is 252 g/mol. The molecule has 5 nitrogen and oxygen atoms in total. The van der Waals surface area contributed by atoms with E-state index in [1.165, 1.54) is 0 Å². The summed E-state index contributed by atoms with van der Waals surface area (Å²) in [7, 11) is 0. The second-order valence-corrected chi connectivity index (χ2v) is 4.91. The molecule has 0 bridgehead atoms. The molecule has 20 heavy (non-hydrogen) atoms. The molecule has 0 saturated carbocycles. The van der Waals surface area contributed by atoms with Gasteiger partial charge in [0.05, 0.1) is 29.8 Å². The molecule has 2 unspecified atom stereocenters. The van der Waals surface area contributed by atoms with Gasteiger partial charge in [-0.25, -0.2) is 4.68 Å². The Morgan fingerprint density at radius 3 is 2.75 bits per heavy atom. The fourth-order valence-electron chi connectivity index (χ4n) is 1.85. The van der Waals surface area contributed by atoms with Crippen molar-refractivity contribution in [2.75, 3.05) is 5.32 Å². The Morgan fingerprint density at radius 1 is 1.40 bits per heavy atom.